The molecule has 2 aliphatic rings. The van der Waals surface area contributed by atoms with Gasteiger partial charge in [-0.15, -0.1) is 0 Å². The van der Waals surface area contributed by atoms with Gasteiger partial charge in [-0.05, 0) is 49.0 Å². The van der Waals surface area contributed by atoms with Gasteiger partial charge in [0.25, 0.3) is 0 Å². The zero-order valence-electron chi connectivity index (χ0n) is 10.9. The van der Waals surface area contributed by atoms with Gasteiger partial charge < -0.3 is 0 Å². The Bertz CT molecular complexity index is 272. The first kappa shape index (κ1) is 12.0. The Morgan fingerprint density at radius 1 is 1.38 bits per heavy atom. The van der Waals surface area contributed by atoms with Crippen LogP contribution in [0.5, 0.6) is 0 Å². The minimum Gasteiger partial charge on any atom is -0.0840 e. The van der Waals surface area contributed by atoms with Crippen LogP contribution in [0.15, 0.2) is 23.8 Å². The fraction of sp³-hybridized carbons (Fsp3) is 0.750. The van der Waals surface area contributed by atoms with E-state index in [0.717, 1.165) is 17.8 Å². The third kappa shape index (κ3) is 2.42. The van der Waals surface area contributed by atoms with E-state index in [0.29, 0.717) is 0 Å². The largest absolute Gasteiger partial charge is 0.0840 e. The van der Waals surface area contributed by atoms with E-state index in [4.69, 9.17) is 0 Å². The highest BCUT2D eigenvalue weighted by molar-refractivity contribution is 5.27. The molecule has 2 unspecified atom stereocenters. The van der Waals surface area contributed by atoms with Crippen LogP contribution in [0.2, 0.25) is 0 Å². The molecule has 90 valence electrons. The molecule has 0 saturated heterocycles. The van der Waals surface area contributed by atoms with Crippen molar-refractivity contribution in [2.45, 2.75) is 58.8 Å². The summed E-state index contributed by atoms with van der Waals surface area (Å²) < 4.78 is 0. The summed E-state index contributed by atoms with van der Waals surface area (Å²) in [5, 5.41) is 0. The molecular weight excluding hydrogens is 192 g/mol. The van der Waals surface area contributed by atoms with Gasteiger partial charge in [0.1, 0.15) is 0 Å². The van der Waals surface area contributed by atoms with Crippen LogP contribution in [0, 0.1) is 17.8 Å². The van der Waals surface area contributed by atoms with Crippen LogP contribution >= 0.6 is 0 Å². The summed E-state index contributed by atoms with van der Waals surface area (Å²) in [6.45, 7) is 4.71. The second kappa shape index (κ2) is 5.70. The maximum absolute atomic E-state index is 2.50. The zero-order chi connectivity index (χ0) is 11.4. The van der Waals surface area contributed by atoms with E-state index in [1.807, 2.05) is 0 Å². The van der Waals surface area contributed by atoms with Gasteiger partial charge in [0, 0.05) is 0 Å². The summed E-state index contributed by atoms with van der Waals surface area (Å²) >= 11 is 0. The first-order chi connectivity index (χ1) is 7.86. The molecule has 2 rings (SSSR count). The van der Waals surface area contributed by atoms with E-state index in [-0.39, 0.29) is 0 Å². The summed E-state index contributed by atoms with van der Waals surface area (Å²) in [5.41, 5.74) is 1.66. The van der Waals surface area contributed by atoms with E-state index in [9.17, 15) is 0 Å². The van der Waals surface area contributed by atoms with Crippen molar-refractivity contribution in [1.29, 1.82) is 0 Å². The molecule has 0 spiro atoms. The van der Waals surface area contributed by atoms with Crippen molar-refractivity contribution in [3.63, 3.8) is 0 Å². The normalized spacial score (nSPS) is 30.8. The Labute approximate surface area is 101 Å². The van der Waals surface area contributed by atoms with Crippen molar-refractivity contribution < 1.29 is 0 Å². The second-order valence-corrected chi connectivity index (χ2v) is 5.50. The number of hydrogen-bond acceptors (Lipinski definition) is 0. The Hall–Kier alpha value is -0.520. The number of rotatable bonds is 4. The smallest absolute Gasteiger partial charge is 0.0131 e. The van der Waals surface area contributed by atoms with Crippen LogP contribution in [-0.2, 0) is 0 Å². The number of allylic oxidation sites excluding steroid dienone is 4. The summed E-state index contributed by atoms with van der Waals surface area (Å²) in [6, 6.07) is 0. The van der Waals surface area contributed by atoms with Crippen LogP contribution in [0.25, 0.3) is 0 Å². The summed E-state index contributed by atoms with van der Waals surface area (Å²) in [5.74, 6) is 2.80. The molecule has 0 fully saturated rings. The van der Waals surface area contributed by atoms with Gasteiger partial charge in [-0.3, -0.25) is 0 Å². The summed E-state index contributed by atoms with van der Waals surface area (Å²) in [6.07, 6.45) is 17.0. The predicted molar refractivity (Wildman–Crippen MR) is 71.4 cm³/mol. The Balaban J connectivity index is 2.11. The molecule has 0 aromatic heterocycles. The molecule has 0 heteroatoms. The van der Waals surface area contributed by atoms with Crippen LogP contribution in [0.3, 0.4) is 0 Å². The summed E-state index contributed by atoms with van der Waals surface area (Å²) in [4.78, 5) is 0. The second-order valence-electron chi connectivity index (χ2n) is 5.50. The molecule has 0 radical (unpaired) electrons. The standard InChI is InChI=1S/C16H26/c1-3-8-13(4-2)15-12-7-10-14-9-5-6-11-16(14)15/h7,9-10,13,15-16H,3-6,8,11-12H2,1-2H3/t13?,15-,16?/m1/s1. The van der Waals surface area contributed by atoms with E-state index in [2.05, 4.69) is 32.1 Å². The highest BCUT2D eigenvalue weighted by atomic mass is 14.4. The van der Waals surface area contributed by atoms with E-state index in [1.54, 1.807) is 5.57 Å². The van der Waals surface area contributed by atoms with Crippen molar-refractivity contribution in [3.8, 4) is 0 Å². The molecule has 0 aliphatic heterocycles. The Morgan fingerprint density at radius 2 is 2.25 bits per heavy atom. The lowest BCUT2D eigenvalue weighted by atomic mass is 9.67. The fourth-order valence-corrected chi connectivity index (χ4v) is 3.72. The Morgan fingerprint density at radius 3 is 3.00 bits per heavy atom. The first-order valence-electron chi connectivity index (χ1n) is 7.23. The van der Waals surface area contributed by atoms with E-state index >= 15 is 0 Å². The molecule has 0 aromatic rings. The zero-order valence-corrected chi connectivity index (χ0v) is 10.9. The lowest BCUT2D eigenvalue weighted by molar-refractivity contribution is 0.213. The monoisotopic (exact) mass is 218 g/mol. The maximum atomic E-state index is 2.50. The van der Waals surface area contributed by atoms with Crippen molar-refractivity contribution in [2.75, 3.05) is 0 Å². The van der Waals surface area contributed by atoms with Gasteiger partial charge >= 0.3 is 0 Å². The molecule has 0 N–H and O–H groups in total. The van der Waals surface area contributed by atoms with Gasteiger partial charge in [0.2, 0.25) is 0 Å². The fourth-order valence-electron chi connectivity index (χ4n) is 3.72. The number of fused-ring (bicyclic) bond motifs is 1. The van der Waals surface area contributed by atoms with Crippen molar-refractivity contribution in [3.05, 3.63) is 23.8 Å². The van der Waals surface area contributed by atoms with Gasteiger partial charge in [-0.1, -0.05) is 51.3 Å². The molecular formula is C16H26. The molecule has 0 nitrogen and oxygen atoms in total. The molecule has 0 heterocycles. The van der Waals surface area contributed by atoms with Crippen molar-refractivity contribution >= 4 is 0 Å². The van der Waals surface area contributed by atoms with E-state index < -0.39 is 0 Å². The van der Waals surface area contributed by atoms with Crippen molar-refractivity contribution in [1.82, 2.24) is 0 Å². The lowest BCUT2D eigenvalue weighted by Gasteiger charge is -2.38. The van der Waals surface area contributed by atoms with Gasteiger partial charge in [0.05, 0.1) is 0 Å². The summed E-state index contributed by atoms with van der Waals surface area (Å²) in [7, 11) is 0. The number of hydrogen-bond donors (Lipinski definition) is 0. The highest BCUT2D eigenvalue weighted by Crippen LogP contribution is 2.42. The Kier molecular flexibility index (Phi) is 4.26. The topological polar surface area (TPSA) is 0 Å². The van der Waals surface area contributed by atoms with Gasteiger partial charge in [-0.25, -0.2) is 0 Å². The lowest BCUT2D eigenvalue weighted by Crippen LogP contribution is -2.27. The molecule has 2 aliphatic carbocycles. The van der Waals surface area contributed by atoms with Gasteiger partial charge in [0.15, 0.2) is 0 Å². The van der Waals surface area contributed by atoms with E-state index in [1.165, 1.54) is 44.9 Å². The average Bonchev–Trinajstić information content (AvgIpc) is 2.35. The first-order valence-corrected chi connectivity index (χ1v) is 7.23. The molecule has 3 atom stereocenters. The molecule has 0 aromatic carbocycles. The van der Waals surface area contributed by atoms with Crippen LogP contribution in [0.1, 0.15) is 58.8 Å². The third-order valence-electron chi connectivity index (χ3n) is 4.55. The molecule has 0 amide bonds. The molecule has 0 saturated carbocycles. The third-order valence-corrected chi connectivity index (χ3v) is 4.55. The average molecular weight is 218 g/mol. The molecule has 16 heavy (non-hydrogen) atoms. The minimum atomic E-state index is 0.898. The van der Waals surface area contributed by atoms with Crippen LogP contribution in [-0.4, -0.2) is 0 Å². The highest BCUT2D eigenvalue weighted by Gasteiger charge is 2.31. The molecule has 0 bridgehead atoms. The quantitative estimate of drug-likeness (QED) is 0.614. The van der Waals surface area contributed by atoms with Crippen LogP contribution in [0.4, 0.5) is 0 Å². The maximum Gasteiger partial charge on any atom is -0.0131 e. The van der Waals surface area contributed by atoms with Gasteiger partial charge in [-0.2, -0.15) is 0 Å². The van der Waals surface area contributed by atoms with Crippen molar-refractivity contribution in [2.24, 2.45) is 17.8 Å². The van der Waals surface area contributed by atoms with Crippen LogP contribution < -0.4 is 0 Å². The minimum absolute atomic E-state index is 0.898. The SMILES string of the molecule is CCCC(CC)[C@H]1CC=CC2=CCCCC21. The predicted octanol–water partition coefficient (Wildman–Crippen LogP) is 5.12.